The van der Waals surface area contributed by atoms with Gasteiger partial charge in [-0.25, -0.2) is 0 Å². The molecule has 3 heteroatoms. The molecule has 84 valence electrons. The van der Waals surface area contributed by atoms with E-state index in [4.69, 9.17) is 5.73 Å². The number of benzene rings is 1. The van der Waals surface area contributed by atoms with Gasteiger partial charge in [-0.2, -0.15) is 0 Å². The Bertz CT molecular complexity index is 282. The fourth-order valence-corrected chi connectivity index (χ4v) is 1.83. The number of likely N-dealkylation sites (N-methyl/N-ethyl adjacent to an activating group) is 1. The van der Waals surface area contributed by atoms with Crippen molar-refractivity contribution in [3.8, 4) is 0 Å². The lowest BCUT2D eigenvalue weighted by atomic mass is 10.1. The molecule has 0 aliphatic heterocycles. The molecule has 1 rings (SSSR count). The third-order valence-corrected chi connectivity index (χ3v) is 2.85. The summed E-state index contributed by atoms with van der Waals surface area (Å²) in [7, 11) is 4.11. The Morgan fingerprint density at radius 1 is 1.27 bits per heavy atom. The standard InChI is InChI=1S/C12H19BrN2/c1-15(2)9-12(14)8-5-10-3-6-11(13)7-4-10/h3-4,6-7,12H,5,8-9,14H2,1-2H3. The van der Waals surface area contributed by atoms with E-state index < -0.39 is 0 Å². The lowest BCUT2D eigenvalue weighted by Crippen LogP contribution is -2.33. The summed E-state index contributed by atoms with van der Waals surface area (Å²) in [6.07, 6.45) is 2.10. The van der Waals surface area contributed by atoms with Gasteiger partial charge >= 0.3 is 0 Å². The fourth-order valence-electron chi connectivity index (χ4n) is 1.56. The Kier molecular flexibility index (Phi) is 5.29. The van der Waals surface area contributed by atoms with Crippen LogP contribution < -0.4 is 5.73 Å². The summed E-state index contributed by atoms with van der Waals surface area (Å²) in [6.45, 7) is 0.955. The van der Waals surface area contributed by atoms with E-state index in [1.807, 2.05) is 0 Å². The van der Waals surface area contributed by atoms with Crippen LogP contribution in [0.15, 0.2) is 28.7 Å². The van der Waals surface area contributed by atoms with Crippen LogP contribution in [0.2, 0.25) is 0 Å². The topological polar surface area (TPSA) is 29.3 Å². The zero-order valence-electron chi connectivity index (χ0n) is 9.41. The van der Waals surface area contributed by atoms with Crippen molar-refractivity contribution < 1.29 is 0 Å². The second kappa shape index (κ2) is 6.26. The van der Waals surface area contributed by atoms with Crippen LogP contribution in [-0.4, -0.2) is 31.6 Å². The van der Waals surface area contributed by atoms with Crippen molar-refractivity contribution in [2.75, 3.05) is 20.6 Å². The predicted molar refractivity (Wildman–Crippen MR) is 69.0 cm³/mol. The molecule has 0 radical (unpaired) electrons. The van der Waals surface area contributed by atoms with E-state index in [0.29, 0.717) is 0 Å². The highest BCUT2D eigenvalue weighted by molar-refractivity contribution is 9.10. The zero-order chi connectivity index (χ0) is 11.3. The Morgan fingerprint density at radius 3 is 2.40 bits per heavy atom. The van der Waals surface area contributed by atoms with Crippen LogP contribution in [0.3, 0.4) is 0 Å². The van der Waals surface area contributed by atoms with E-state index in [-0.39, 0.29) is 6.04 Å². The maximum Gasteiger partial charge on any atom is 0.0175 e. The van der Waals surface area contributed by atoms with Crippen LogP contribution in [0.4, 0.5) is 0 Å². The first kappa shape index (κ1) is 12.7. The molecule has 0 saturated carbocycles. The third kappa shape index (κ3) is 5.30. The molecule has 0 bridgehead atoms. The number of nitrogens with zero attached hydrogens (tertiary/aromatic N) is 1. The van der Waals surface area contributed by atoms with Crippen molar-refractivity contribution in [3.05, 3.63) is 34.3 Å². The molecular weight excluding hydrogens is 252 g/mol. The molecule has 15 heavy (non-hydrogen) atoms. The molecule has 0 fully saturated rings. The molecule has 0 spiro atoms. The van der Waals surface area contributed by atoms with Crippen molar-refractivity contribution in [3.63, 3.8) is 0 Å². The van der Waals surface area contributed by atoms with Gasteiger partial charge in [0, 0.05) is 17.1 Å². The number of hydrogen-bond acceptors (Lipinski definition) is 2. The SMILES string of the molecule is CN(C)CC(N)CCc1ccc(Br)cc1. The van der Waals surface area contributed by atoms with Crippen molar-refractivity contribution in [1.29, 1.82) is 0 Å². The molecular formula is C12H19BrN2. The van der Waals surface area contributed by atoms with E-state index in [9.17, 15) is 0 Å². The third-order valence-electron chi connectivity index (χ3n) is 2.32. The van der Waals surface area contributed by atoms with Gasteiger partial charge in [-0.1, -0.05) is 28.1 Å². The number of aryl methyl sites for hydroxylation is 1. The average molecular weight is 271 g/mol. The zero-order valence-corrected chi connectivity index (χ0v) is 11.0. The smallest absolute Gasteiger partial charge is 0.0175 e. The van der Waals surface area contributed by atoms with E-state index in [0.717, 1.165) is 23.9 Å². The lowest BCUT2D eigenvalue weighted by molar-refractivity contribution is 0.363. The number of hydrogen-bond donors (Lipinski definition) is 1. The van der Waals surface area contributed by atoms with Gasteiger partial charge in [0.25, 0.3) is 0 Å². The van der Waals surface area contributed by atoms with E-state index in [2.05, 4.69) is 59.2 Å². The maximum atomic E-state index is 6.00. The van der Waals surface area contributed by atoms with Gasteiger partial charge < -0.3 is 10.6 Å². The minimum absolute atomic E-state index is 0.267. The average Bonchev–Trinajstić information content (AvgIpc) is 2.16. The molecule has 0 amide bonds. The molecule has 1 aromatic carbocycles. The monoisotopic (exact) mass is 270 g/mol. The molecule has 0 heterocycles. The van der Waals surface area contributed by atoms with Crippen LogP contribution in [0.1, 0.15) is 12.0 Å². The highest BCUT2D eigenvalue weighted by atomic mass is 79.9. The highest BCUT2D eigenvalue weighted by Gasteiger charge is 2.04. The Labute approximate surface area is 101 Å². The maximum absolute atomic E-state index is 6.00. The Balaban J connectivity index is 2.33. The fraction of sp³-hybridized carbons (Fsp3) is 0.500. The minimum atomic E-state index is 0.267. The first-order valence-electron chi connectivity index (χ1n) is 5.22. The number of rotatable bonds is 5. The summed E-state index contributed by atoms with van der Waals surface area (Å²) in [4.78, 5) is 2.13. The second-order valence-corrected chi connectivity index (χ2v) is 5.10. The van der Waals surface area contributed by atoms with Crippen LogP contribution in [-0.2, 0) is 6.42 Å². The highest BCUT2D eigenvalue weighted by Crippen LogP contribution is 2.12. The predicted octanol–water partition coefficient (Wildman–Crippen LogP) is 2.27. The van der Waals surface area contributed by atoms with Crippen LogP contribution in [0.25, 0.3) is 0 Å². The van der Waals surface area contributed by atoms with E-state index in [1.165, 1.54) is 5.56 Å². The van der Waals surface area contributed by atoms with Gasteiger partial charge in [-0.3, -0.25) is 0 Å². The molecule has 2 N–H and O–H groups in total. The van der Waals surface area contributed by atoms with Crippen molar-refractivity contribution in [2.45, 2.75) is 18.9 Å². The van der Waals surface area contributed by atoms with Gasteiger partial charge in [0.2, 0.25) is 0 Å². The summed E-state index contributed by atoms with van der Waals surface area (Å²) in [6, 6.07) is 8.71. The molecule has 1 atom stereocenters. The van der Waals surface area contributed by atoms with Gasteiger partial charge in [0.15, 0.2) is 0 Å². The molecule has 0 aromatic heterocycles. The van der Waals surface area contributed by atoms with E-state index in [1.54, 1.807) is 0 Å². The summed E-state index contributed by atoms with van der Waals surface area (Å²) in [5.41, 5.74) is 7.36. The van der Waals surface area contributed by atoms with Crippen LogP contribution in [0, 0.1) is 0 Å². The van der Waals surface area contributed by atoms with Crippen molar-refractivity contribution in [2.24, 2.45) is 5.73 Å². The molecule has 2 nitrogen and oxygen atoms in total. The number of halogens is 1. The molecule has 1 unspecified atom stereocenters. The normalized spacial score (nSPS) is 13.1. The molecule has 0 saturated heterocycles. The van der Waals surface area contributed by atoms with Gasteiger partial charge in [-0.15, -0.1) is 0 Å². The second-order valence-electron chi connectivity index (χ2n) is 4.19. The largest absolute Gasteiger partial charge is 0.327 e. The molecule has 0 aliphatic rings. The molecule has 0 aliphatic carbocycles. The van der Waals surface area contributed by atoms with Crippen molar-refractivity contribution >= 4 is 15.9 Å². The van der Waals surface area contributed by atoms with Crippen LogP contribution >= 0.6 is 15.9 Å². The first-order valence-corrected chi connectivity index (χ1v) is 6.02. The number of nitrogens with two attached hydrogens (primary N) is 1. The summed E-state index contributed by atoms with van der Waals surface area (Å²) in [5, 5.41) is 0. The Morgan fingerprint density at radius 2 is 1.87 bits per heavy atom. The molecule has 1 aromatic rings. The van der Waals surface area contributed by atoms with E-state index >= 15 is 0 Å². The van der Waals surface area contributed by atoms with Crippen molar-refractivity contribution in [1.82, 2.24) is 4.90 Å². The summed E-state index contributed by atoms with van der Waals surface area (Å²) in [5.74, 6) is 0. The van der Waals surface area contributed by atoms with Crippen LogP contribution in [0.5, 0.6) is 0 Å². The first-order chi connectivity index (χ1) is 7.08. The quantitative estimate of drug-likeness (QED) is 0.890. The van der Waals surface area contributed by atoms with Gasteiger partial charge in [0.1, 0.15) is 0 Å². The summed E-state index contributed by atoms with van der Waals surface area (Å²) < 4.78 is 1.13. The van der Waals surface area contributed by atoms with Gasteiger partial charge in [-0.05, 0) is 44.6 Å². The Hall–Kier alpha value is -0.380. The lowest BCUT2D eigenvalue weighted by Gasteiger charge is -2.16. The van der Waals surface area contributed by atoms with Gasteiger partial charge in [0.05, 0.1) is 0 Å². The summed E-state index contributed by atoms with van der Waals surface area (Å²) >= 11 is 3.43. The minimum Gasteiger partial charge on any atom is -0.327 e.